The fraction of sp³-hybridized carbons (Fsp3) is 0.857. The largest absolute Gasteiger partial charge is 0.103 e. The Kier molecular flexibility index (Phi) is 4.01. The van der Waals surface area contributed by atoms with Crippen LogP contribution < -0.4 is 0 Å². The highest BCUT2D eigenvalue weighted by Crippen LogP contribution is 2.48. The van der Waals surface area contributed by atoms with Crippen molar-refractivity contribution in [3.63, 3.8) is 0 Å². The minimum absolute atomic E-state index is 0.335. The van der Waals surface area contributed by atoms with Crippen LogP contribution in [-0.2, 0) is 0 Å². The maximum absolute atomic E-state index is 3.86. The summed E-state index contributed by atoms with van der Waals surface area (Å²) in [7, 11) is 0. The molecular weight excluding hydrogens is 168 g/mol. The molecule has 0 aromatic heterocycles. The first kappa shape index (κ1) is 13.7. The van der Waals surface area contributed by atoms with Crippen molar-refractivity contribution < 1.29 is 0 Å². The van der Waals surface area contributed by atoms with Crippen LogP contribution in [0, 0.1) is 16.2 Å². The van der Waals surface area contributed by atoms with Gasteiger partial charge in [0.2, 0.25) is 0 Å². The Morgan fingerprint density at radius 1 is 0.857 bits per heavy atom. The van der Waals surface area contributed by atoms with Crippen molar-refractivity contribution in [1.29, 1.82) is 0 Å². The predicted octanol–water partition coefficient (Wildman–Crippen LogP) is 5.05. The van der Waals surface area contributed by atoms with Crippen molar-refractivity contribution in [3.8, 4) is 0 Å². The summed E-state index contributed by atoms with van der Waals surface area (Å²) in [5.74, 6) is 0. The molecule has 0 saturated heterocycles. The van der Waals surface area contributed by atoms with E-state index in [2.05, 4.69) is 55.0 Å². The van der Waals surface area contributed by atoms with E-state index in [1.807, 2.05) is 6.08 Å². The van der Waals surface area contributed by atoms with E-state index in [1.54, 1.807) is 0 Å². The minimum atomic E-state index is 0.335. The highest BCUT2D eigenvalue weighted by atomic mass is 14.4. The molecule has 0 atom stereocenters. The summed E-state index contributed by atoms with van der Waals surface area (Å²) in [4.78, 5) is 0. The third-order valence-electron chi connectivity index (χ3n) is 3.46. The van der Waals surface area contributed by atoms with Gasteiger partial charge < -0.3 is 0 Å². The van der Waals surface area contributed by atoms with E-state index in [1.165, 1.54) is 6.42 Å². The quantitative estimate of drug-likeness (QED) is 0.552. The van der Waals surface area contributed by atoms with Crippen LogP contribution in [0.15, 0.2) is 12.7 Å². The van der Waals surface area contributed by atoms with Crippen molar-refractivity contribution in [1.82, 2.24) is 0 Å². The van der Waals surface area contributed by atoms with Crippen molar-refractivity contribution in [3.05, 3.63) is 12.7 Å². The second-order valence-corrected chi connectivity index (χ2v) is 7.00. The number of hydrogen-bond donors (Lipinski definition) is 0. The molecule has 0 radical (unpaired) electrons. The molecule has 0 rings (SSSR count). The van der Waals surface area contributed by atoms with Crippen LogP contribution in [0.1, 0.15) is 61.3 Å². The molecule has 0 heterocycles. The summed E-state index contributed by atoms with van der Waals surface area (Å²) in [6.07, 6.45) is 4.39. The van der Waals surface area contributed by atoms with Gasteiger partial charge in [-0.25, -0.2) is 0 Å². The summed E-state index contributed by atoms with van der Waals surface area (Å²) in [6, 6.07) is 0. The van der Waals surface area contributed by atoms with Gasteiger partial charge in [-0.05, 0) is 29.1 Å². The highest BCUT2D eigenvalue weighted by molar-refractivity contribution is 4.92. The van der Waals surface area contributed by atoms with E-state index in [9.17, 15) is 0 Å². The standard InChI is InChI=1S/C14H28/c1-9-10-13(5,6)14(7,8)11-12(2,3)4/h9H,1,10-11H2,2-8H3. The SMILES string of the molecule is C=CCC(C)(C)C(C)(C)CC(C)(C)C. The summed E-state index contributed by atoms with van der Waals surface area (Å²) < 4.78 is 0. The average Bonchev–Trinajstić information content (AvgIpc) is 1.79. The lowest BCUT2D eigenvalue weighted by molar-refractivity contribution is 0.0607. The molecule has 0 aromatic rings. The number of hydrogen-bond acceptors (Lipinski definition) is 0. The Labute approximate surface area is 90.8 Å². The molecule has 0 aromatic carbocycles. The zero-order valence-corrected chi connectivity index (χ0v) is 11.2. The summed E-state index contributed by atoms with van der Waals surface area (Å²) in [6.45, 7) is 20.3. The van der Waals surface area contributed by atoms with Crippen LogP contribution in [0.4, 0.5) is 0 Å². The molecule has 0 spiro atoms. The van der Waals surface area contributed by atoms with Crippen molar-refractivity contribution >= 4 is 0 Å². The zero-order chi connectivity index (χ0) is 11.6. The Morgan fingerprint density at radius 3 is 1.57 bits per heavy atom. The first-order chi connectivity index (χ1) is 6.02. The normalized spacial score (nSPS) is 14.2. The monoisotopic (exact) mass is 196 g/mol. The predicted molar refractivity (Wildman–Crippen MR) is 66.4 cm³/mol. The Balaban J connectivity index is 4.67. The Bertz CT molecular complexity index is 189. The Hall–Kier alpha value is -0.260. The molecule has 0 aliphatic heterocycles. The van der Waals surface area contributed by atoms with Gasteiger partial charge in [0, 0.05) is 0 Å². The summed E-state index contributed by atoms with van der Waals surface area (Å²) in [5.41, 5.74) is 1.10. The van der Waals surface area contributed by atoms with Crippen LogP contribution >= 0.6 is 0 Å². The summed E-state index contributed by atoms with van der Waals surface area (Å²) in [5, 5.41) is 0. The molecule has 0 fully saturated rings. The molecule has 0 aliphatic rings. The molecule has 0 bridgehead atoms. The van der Waals surface area contributed by atoms with Crippen LogP contribution in [0.25, 0.3) is 0 Å². The van der Waals surface area contributed by atoms with E-state index >= 15 is 0 Å². The van der Waals surface area contributed by atoms with Gasteiger partial charge >= 0.3 is 0 Å². The first-order valence-electron chi connectivity index (χ1n) is 5.63. The maximum atomic E-state index is 3.86. The van der Waals surface area contributed by atoms with Crippen LogP contribution in [0.5, 0.6) is 0 Å². The Morgan fingerprint density at radius 2 is 1.29 bits per heavy atom. The smallest absolute Gasteiger partial charge is 0.0268 e. The van der Waals surface area contributed by atoms with E-state index in [0.29, 0.717) is 16.2 Å². The minimum Gasteiger partial charge on any atom is -0.103 e. The molecular formula is C14H28. The van der Waals surface area contributed by atoms with E-state index < -0.39 is 0 Å². The molecule has 0 amide bonds. The molecule has 0 nitrogen and oxygen atoms in total. The molecule has 0 aliphatic carbocycles. The van der Waals surface area contributed by atoms with Crippen molar-refractivity contribution in [2.24, 2.45) is 16.2 Å². The van der Waals surface area contributed by atoms with Crippen LogP contribution in [0.3, 0.4) is 0 Å². The molecule has 0 unspecified atom stereocenters. The van der Waals surface area contributed by atoms with Crippen LogP contribution in [0.2, 0.25) is 0 Å². The van der Waals surface area contributed by atoms with E-state index in [0.717, 1.165) is 6.42 Å². The lowest BCUT2D eigenvalue weighted by atomic mass is 9.60. The lowest BCUT2D eigenvalue weighted by Crippen LogP contribution is -2.35. The average molecular weight is 196 g/mol. The molecule has 0 N–H and O–H groups in total. The zero-order valence-electron chi connectivity index (χ0n) is 11.2. The second kappa shape index (κ2) is 4.08. The van der Waals surface area contributed by atoms with Gasteiger partial charge in [0.1, 0.15) is 0 Å². The number of allylic oxidation sites excluding steroid dienone is 1. The van der Waals surface area contributed by atoms with E-state index in [4.69, 9.17) is 0 Å². The third-order valence-corrected chi connectivity index (χ3v) is 3.46. The van der Waals surface area contributed by atoms with Gasteiger partial charge in [0.05, 0.1) is 0 Å². The maximum Gasteiger partial charge on any atom is -0.0268 e. The van der Waals surface area contributed by atoms with Crippen LogP contribution in [-0.4, -0.2) is 0 Å². The third kappa shape index (κ3) is 3.86. The number of rotatable bonds is 4. The highest BCUT2D eigenvalue weighted by Gasteiger charge is 2.38. The fourth-order valence-corrected chi connectivity index (χ4v) is 2.20. The lowest BCUT2D eigenvalue weighted by Gasteiger charge is -2.45. The van der Waals surface area contributed by atoms with Gasteiger partial charge in [-0.15, -0.1) is 6.58 Å². The molecule has 0 heteroatoms. The van der Waals surface area contributed by atoms with Gasteiger partial charge in [-0.2, -0.15) is 0 Å². The topological polar surface area (TPSA) is 0 Å². The van der Waals surface area contributed by atoms with Gasteiger partial charge in [-0.1, -0.05) is 54.5 Å². The fourth-order valence-electron chi connectivity index (χ4n) is 2.20. The van der Waals surface area contributed by atoms with E-state index in [-0.39, 0.29) is 0 Å². The van der Waals surface area contributed by atoms with Crippen molar-refractivity contribution in [2.45, 2.75) is 61.3 Å². The first-order valence-corrected chi connectivity index (χ1v) is 5.63. The van der Waals surface area contributed by atoms with Gasteiger partial charge in [-0.3, -0.25) is 0 Å². The van der Waals surface area contributed by atoms with Gasteiger partial charge in [0.15, 0.2) is 0 Å². The summed E-state index contributed by atoms with van der Waals surface area (Å²) >= 11 is 0. The van der Waals surface area contributed by atoms with Crippen molar-refractivity contribution in [2.75, 3.05) is 0 Å². The molecule has 84 valence electrons. The van der Waals surface area contributed by atoms with Gasteiger partial charge in [0.25, 0.3) is 0 Å². The molecule has 0 saturated carbocycles. The molecule has 14 heavy (non-hydrogen) atoms. The second-order valence-electron chi connectivity index (χ2n) is 7.00.